The van der Waals surface area contributed by atoms with Crippen molar-refractivity contribution in [3.8, 4) is 11.5 Å². The molecule has 1 aliphatic heterocycles. The molecule has 0 saturated carbocycles. The fourth-order valence-corrected chi connectivity index (χ4v) is 3.82. The largest absolute Gasteiger partial charge is 0.504 e. The van der Waals surface area contributed by atoms with Gasteiger partial charge >= 0.3 is 0 Å². The molecule has 0 radical (unpaired) electrons. The number of carbonyl (C=O) groups is 1. The molecule has 0 unspecified atom stereocenters. The van der Waals surface area contributed by atoms with Crippen LogP contribution in [-0.4, -0.2) is 22.5 Å². The summed E-state index contributed by atoms with van der Waals surface area (Å²) in [6, 6.07) is 22.5. The number of nitrogens with zero attached hydrogens (tertiary/aromatic N) is 1. The standard InChI is InChI=1S/C24H24N2O3/c1-3-29-21-15-9-13-19(22(21)27)23-25-20-14-8-7-12-18(20)24(28)26(23)16(2)17-10-5-4-6-11-17/h4-16,23,25,27H,3H2,1-2H3/t16-,23+/m1/s1. The van der Waals surface area contributed by atoms with Gasteiger partial charge in [0.25, 0.3) is 5.91 Å². The zero-order valence-electron chi connectivity index (χ0n) is 16.5. The number of rotatable bonds is 5. The summed E-state index contributed by atoms with van der Waals surface area (Å²) in [5.74, 6) is 0.372. The zero-order valence-corrected chi connectivity index (χ0v) is 16.5. The second-order valence-electron chi connectivity index (χ2n) is 7.02. The first-order valence-electron chi connectivity index (χ1n) is 9.79. The second kappa shape index (κ2) is 7.87. The van der Waals surface area contributed by atoms with Gasteiger partial charge in [0.1, 0.15) is 6.17 Å². The Hall–Kier alpha value is -3.47. The molecule has 3 aromatic rings. The third kappa shape index (κ3) is 3.40. The van der Waals surface area contributed by atoms with Crippen LogP contribution in [0, 0.1) is 0 Å². The fourth-order valence-electron chi connectivity index (χ4n) is 3.82. The maximum atomic E-state index is 13.5. The Kier molecular flexibility index (Phi) is 5.12. The molecular formula is C24H24N2O3. The van der Waals surface area contributed by atoms with Crippen LogP contribution in [0.5, 0.6) is 11.5 Å². The number of benzene rings is 3. The summed E-state index contributed by atoms with van der Waals surface area (Å²) >= 11 is 0. The molecule has 1 amide bonds. The van der Waals surface area contributed by atoms with Gasteiger partial charge in [-0.2, -0.15) is 0 Å². The topological polar surface area (TPSA) is 61.8 Å². The van der Waals surface area contributed by atoms with Crippen LogP contribution < -0.4 is 10.1 Å². The number of hydrogen-bond donors (Lipinski definition) is 2. The number of amides is 1. The van der Waals surface area contributed by atoms with Crippen molar-refractivity contribution in [1.82, 2.24) is 4.90 Å². The predicted molar refractivity (Wildman–Crippen MR) is 113 cm³/mol. The lowest BCUT2D eigenvalue weighted by Crippen LogP contribution is -2.44. The maximum absolute atomic E-state index is 13.5. The zero-order chi connectivity index (χ0) is 20.4. The summed E-state index contributed by atoms with van der Waals surface area (Å²) in [4.78, 5) is 15.3. The lowest BCUT2D eigenvalue weighted by atomic mass is 9.98. The Bertz CT molecular complexity index is 1020. The first-order chi connectivity index (χ1) is 14.1. The summed E-state index contributed by atoms with van der Waals surface area (Å²) < 4.78 is 5.56. The third-order valence-electron chi connectivity index (χ3n) is 5.29. The quantitative estimate of drug-likeness (QED) is 0.637. The molecular weight excluding hydrogens is 364 g/mol. The van der Waals surface area contributed by atoms with E-state index in [1.807, 2.05) is 80.6 Å². The number of fused-ring (bicyclic) bond motifs is 1. The van der Waals surface area contributed by atoms with Gasteiger partial charge in [-0.3, -0.25) is 4.79 Å². The van der Waals surface area contributed by atoms with Crippen molar-refractivity contribution in [2.24, 2.45) is 0 Å². The van der Waals surface area contributed by atoms with E-state index in [0.717, 1.165) is 11.3 Å². The van der Waals surface area contributed by atoms with Crippen molar-refractivity contribution in [2.75, 3.05) is 11.9 Å². The summed E-state index contributed by atoms with van der Waals surface area (Å²) in [7, 11) is 0. The van der Waals surface area contributed by atoms with E-state index in [1.54, 1.807) is 11.0 Å². The molecule has 0 aromatic heterocycles. The van der Waals surface area contributed by atoms with Crippen molar-refractivity contribution in [1.29, 1.82) is 0 Å². The Morgan fingerprint density at radius 2 is 1.76 bits per heavy atom. The Morgan fingerprint density at radius 1 is 1.03 bits per heavy atom. The summed E-state index contributed by atoms with van der Waals surface area (Å²) in [6.45, 7) is 4.31. The molecule has 5 heteroatoms. The average Bonchev–Trinajstić information content (AvgIpc) is 2.75. The SMILES string of the molecule is CCOc1cccc([C@H]2Nc3ccccc3C(=O)N2[C@H](C)c2ccccc2)c1O. The van der Waals surface area contributed by atoms with Crippen LogP contribution in [0.4, 0.5) is 5.69 Å². The molecule has 2 atom stereocenters. The van der Waals surface area contributed by atoms with E-state index >= 15 is 0 Å². The molecule has 148 valence electrons. The van der Waals surface area contributed by atoms with E-state index in [0.29, 0.717) is 23.5 Å². The van der Waals surface area contributed by atoms with Gasteiger partial charge < -0.3 is 20.1 Å². The normalized spacial score (nSPS) is 16.7. The van der Waals surface area contributed by atoms with Crippen LogP contribution in [0.1, 0.15) is 47.5 Å². The lowest BCUT2D eigenvalue weighted by Gasteiger charge is -2.42. The van der Waals surface area contributed by atoms with Crippen LogP contribution in [0.2, 0.25) is 0 Å². The van der Waals surface area contributed by atoms with E-state index in [2.05, 4.69) is 5.32 Å². The fraction of sp³-hybridized carbons (Fsp3) is 0.208. The van der Waals surface area contributed by atoms with E-state index in [1.165, 1.54) is 0 Å². The summed E-state index contributed by atoms with van der Waals surface area (Å²) in [6.07, 6.45) is -0.534. The summed E-state index contributed by atoms with van der Waals surface area (Å²) in [5.41, 5.74) is 2.99. The number of anilines is 1. The van der Waals surface area contributed by atoms with E-state index in [4.69, 9.17) is 4.74 Å². The minimum atomic E-state index is -0.534. The van der Waals surface area contributed by atoms with Crippen LogP contribution in [0.15, 0.2) is 72.8 Å². The van der Waals surface area contributed by atoms with Gasteiger partial charge in [-0.1, -0.05) is 54.6 Å². The van der Waals surface area contributed by atoms with Crippen molar-refractivity contribution in [3.63, 3.8) is 0 Å². The minimum Gasteiger partial charge on any atom is -0.504 e. The molecule has 3 aromatic carbocycles. The predicted octanol–water partition coefficient (Wildman–Crippen LogP) is 5.12. The molecule has 0 aliphatic carbocycles. The van der Waals surface area contributed by atoms with Gasteiger partial charge in [0.15, 0.2) is 11.5 Å². The molecule has 2 N–H and O–H groups in total. The number of para-hydroxylation sites is 2. The van der Waals surface area contributed by atoms with Crippen molar-refractivity contribution in [2.45, 2.75) is 26.1 Å². The molecule has 0 bridgehead atoms. The highest BCUT2D eigenvalue weighted by molar-refractivity contribution is 6.02. The number of carbonyl (C=O) groups excluding carboxylic acids is 1. The molecule has 1 aliphatic rings. The number of nitrogens with one attached hydrogen (secondary N) is 1. The monoisotopic (exact) mass is 388 g/mol. The smallest absolute Gasteiger partial charge is 0.258 e. The average molecular weight is 388 g/mol. The van der Waals surface area contributed by atoms with Crippen LogP contribution in [-0.2, 0) is 0 Å². The van der Waals surface area contributed by atoms with E-state index < -0.39 is 6.17 Å². The van der Waals surface area contributed by atoms with Crippen LogP contribution in [0.25, 0.3) is 0 Å². The Balaban J connectivity index is 1.84. The lowest BCUT2D eigenvalue weighted by molar-refractivity contribution is 0.0593. The first-order valence-corrected chi connectivity index (χ1v) is 9.79. The number of hydrogen-bond acceptors (Lipinski definition) is 4. The Morgan fingerprint density at radius 3 is 2.52 bits per heavy atom. The molecule has 0 fully saturated rings. The molecule has 29 heavy (non-hydrogen) atoms. The highest BCUT2D eigenvalue weighted by Crippen LogP contribution is 2.43. The number of phenolic OH excluding ortho intramolecular Hbond substituents is 1. The number of ether oxygens (including phenoxy) is 1. The third-order valence-corrected chi connectivity index (χ3v) is 5.29. The van der Waals surface area contributed by atoms with Gasteiger partial charge in [0.2, 0.25) is 0 Å². The highest BCUT2D eigenvalue weighted by Gasteiger charge is 2.37. The molecule has 4 rings (SSSR count). The minimum absolute atomic E-state index is 0.0456. The summed E-state index contributed by atoms with van der Waals surface area (Å²) in [5, 5.41) is 14.3. The maximum Gasteiger partial charge on any atom is 0.258 e. The Labute approximate surface area is 170 Å². The van der Waals surface area contributed by atoms with E-state index in [-0.39, 0.29) is 17.7 Å². The van der Waals surface area contributed by atoms with Gasteiger partial charge in [-0.05, 0) is 37.6 Å². The van der Waals surface area contributed by atoms with E-state index in [9.17, 15) is 9.90 Å². The highest BCUT2D eigenvalue weighted by atomic mass is 16.5. The van der Waals surface area contributed by atoms with Gasteiger partial charge in [0, 0.05) is 11.3 Å². The van der Waals surface area contributed by atoms with Gasteiger partial charge in [-0.15, -0.1) is 0 Å². The molecule has 1 heterocycles. The van der Waals surface area contributed by atoms with Gasteiger partial charge in [0.05, 0.1) is 18.2 Å². The molecule has 0 saturated heterocycles. The van der Waals surface area contributed by atoms with Crippen molar-refractivity contribution in [3.05, 3.63) is 89.5 Å². The number of phenols is 1. The van der Waals surface area contributed by atoms with Crippen molar-refractivity contribution >= 4 is 11.6 Å². The van der Waals surface area contributed by atoms with Crippen LogP contribution in [0.3, 0.4) is 0 Å². The molecule has 5 nitrogen and oxygen atoms in total. The number of aromatic hydroxyl groups is 1. The van der Waals surface area contributed by atoms with Crippen LogP contribution >= 0.6 is 0 Å². The molecule has 0 spiro atoms. The second-order valence-corrected chi connectivity index (χ2v) is 7.02. The van der Waals surface area contributed by atoms with Gasteiger partial charge in [-0.25, -0.2) is 0 Å². The van der Waals surface area contributed by atoms with Crippen molar-refractivity contribution < 1.29 is 14.6 Å². The first kappa shape index (κ1) is 18.9.